The van der Waals surface area contributed by atoms with Crippen molar-refractivity contribution in [2.45, 2.75) is 30.5 Å². The molecule has 0 unspecified atom stereocenters. The Hall–Kier alpha value is -1.13. The van der Waals surface area contributed by atoms with Crippen LogP contribution in [0.3, 0.4) is 0 Å². The normalized spacial score (nSPS) is 21.2. The van der Waals surface area contributed by atoms with Gasteiger partial charge in [0.2, 0.25) is 10.0 Å². The van der Waals surface area contributed by atoms with Crippen molar-refractivity contribution in [2.24, 2.45) is 7.05 Å². The Morgan fingerprint density at radius 1 is 1.23 bits per heavy atom. The lowest BCUT2D eigenvalue weighted by molar-refractivity contribution is -0.143. The van der Waals surface area contributed by atoms with Crippen LogP contribution in [0.2, 0.25) is 0 Å². The summed E-state index contributed by atoms with van der Waals surface area (Å²) in [4.78, 5) is 1.15. The maximum atomic E-state index is 13.0. The molecule has 1 fully saturated rings. The number of halogens is 3. The molecule has 10 heteroatoms. The summed E-state index contributed by atoms with van der Waals surface area (Å²) in [7, 11) is -1.17. The maximum Gasteiger partial charge on any atom is 0.436 e. The summed E-state index contributed by atoms with van der Waals surface area (Å²) in [6.07, 6.45) is -3.91. The van der Waals surface area contributed by atoms with E-state index in [4.69, 9.17) is 0 Å². The first kappa shape index (κ1) is 17.2. The van der Waals surface area contributed by atoms with Crippen molar-refractivity contribution < 1.29 is 21.6 Å². The van der Waals surface area contributed by atoms with Crippen molar-refractivity contribution >= 4 is 10.0 Å². The molecular weight excluding hydrogens is 321 g/mol. The average Bonchev–Trinajstić information content (AvgIpc) is 2.69. The van der Waals surface area contributed by atoms with E-state index in [9.17, 15) is 21.6 Å². The number of aryl methyl sites for hydroxylation is 1. The van der Waals surface area contributed by atoms with Gasteiger partial charge in [0.05, 0.1) is 0 Å². The molecule has 0 bridgehead atoms. The van der Waals surface area contributed by atoms with E-state index in [2.05, 4.69) is 5.10 Å². The Labute approximate surface area is 127 Å². The van der Waals surface area contributed by atoms with Gasteiger partial charge in [-0.3, -0.25) is 4.68 Å². The molecule has 0 radical (unpaired) electrons. The third-order valence-electron chi connectivity index (χ3n) is 3.65. The summed E-state index contributed by atoms with van der Waals surface area (Å²) in [5.41, 5.74) is -2.17. The number of nitrogens with zero attached hydrogens (tertiary/aromatic N) is 4. The molecule has 0 N–H and O–H groups in total. The minimum absolute atomic E-state index is 0.137. The number of likely N-dealkylation sites (N-methyl/N-ethyl adjacent to an activating group) is 1. The summed E-state index contributed by atoms with van der Waals surface area (Å²) in [6, 6.07) is 0. The van der Waals surface area contributed by atoms with Crippen LogP contribution in [0.15, 0.2) is 11.1 Å². The topological polar surface area (TPSA) is 58.4 Å². The summed E-state index contributed by atoms with van der Waals surface area (Å²) in [6.45, 7) is 4.43. The highest BCUT2D eigenvalue weighted by Crippen LogP contribution is 2.36. The third kappa shape index (κ3) is 2.99. The number of alkyl halides is 3. The van der Waals surface area contributed by atoms with E-state index in [1.54, 1.807) is 13.8 Å². The zero-order valence-electron chi connectivity index (χ0n) is 12.8. The lowest BCUT2D eigenvalue weighted by Gasteiger charge is -2.44. The molecule has 2 rings (SSSR count). The van der Waals surface area contributed by atoms with E-state index in [0.717, 1.165) is 15.2 Å². The van der Waals surface area contributed by atoms with Gasteiger partial charge in [0.1, 0.15) is 4.90 Å². The van der Waals surface area contributed by atoms with Gasteiger partial charge < -0.3 is 4.90 Å². The molecule has 0 spiro atoms. The fourth-order valence-corrected chi connectivity index (χ4v) is 4.75. The van der Waals surface area contributed by atoms with Crippen molar-refractivity contribution in [3.05, 3.63) is 11.9 Å². The zero-order chi connectivity index (χ0) is 16.9. The Morgan fingerprint density at radius 3 is 2.32 bits per heavy atom. The Kier molecular flexibility index (Phi) is 4.08. The molecule has 6 nitrogen and oxygen atoms in total. The lowest BCUT2D eigenvalue weighted by Crippen LogP contribution is -2.60. The number of hydrogen-bond donors (Lipinski definition) is 0. The summed E-state index contributed by atoms with van der Waals surface area (Å²) < 4.78 is 66.6. The van der Waals surface area contributed by atoms with Gasteiger partial charge in [-0.15, -0.1) is 0 Å². The van der Waals surface area contributed by atoms with Crippen LogP contribution in [0.5, 0.6) is 0 Å². The lowest BCUT2D eigenvalue weighted by atomic mass is 10.0. The summed E-state index contributed by atoms with van der Waals surface area (Å²) in [5.74, 6) is 0. The fourth-order valence-electron chi connectivity index (χ4n) is 2.80. The second kappa shape index (κ2) is 5.20. The molecule has 0 atom stereocenters. The molecule has 126 valence electrons. The van der Waals surface area contributed by atoms with Crippen LogP contribution >= 0.6 is 0 Å². The zero-order valence-corrected chi connectivity index (χ0v) is 13.7. The second-order valence-corrected chi connectivity index (χ2v) is 7.97. The van der Waals surface area contributed by atoms with Crippen molar-refractivity contribution in [1.82, 2.24) is 19.0 Å². The molecule has 0 amide bonds. The standard InChI is InChI=1S/C12H19F3N4O2S/c1-11(2)8-17(3)5-6-19(11)22(20,21)9-7-18(4)16-10(9)12(13,14)15/h7H,5-6,8H2,1-4H3. The van der Waals surface area contributed by atoms with Gasteiger partial charge in [0.25, 0.3) is 0 Å². The van der Waals surface area contributed by atoms with Crippen LogP contribution in [-0.2, 0) is 23.2 Å². The second-order valence-electron chi connectivity index (χ2n) is 6.14. The van der Waals surface area contributed by atoms with Crippen LogP contribution in [-0.4, -0.2) is 59.6 Å². The van der Waals surface area contributed by atoms with Crippen molar-refractivity contribution in [2.75, 3.05) is 26.7 Å². The van der Waals surface area contributed by atoms with Gasteiger partial charge in [-0.25, -0.2) is 8.42 Å². The minimum atomic E-state index is -4.82. The van der Waals surface area contributed by atoms with Gasteiger partial charge in [-0.2, -0.15) is 22.6 Å². The Morgan fingerprint density at radius 2 is 1.82 bits per heavy atom. The highest BCUT2D eigenvalue weighted by molar-refractivity contribution is 7.89. The monoisotopic (exact) mass is 340 g/mol. The van der Waals surface area contributed by atoms with Gasteiger partial charge >= 0.3 is 6.18 Å². The van der Waals surface area contributed by atoms with Crippen LogP contribution in [0.25, 0.3) is 0 Å². The van der Waals surface area contributed by atoms with E-state index in [1.165, 1.54) is 7.05 Å². The predicted octanol–water partition coefficient (Wildman–Crippen LogP) is 1.15. The molecular formula is C12H19F3N4O2S. The molecule has 1 aromatic rings. The van der Waals surface area contributed by atoms with E-state index in [1.807, 2.05) is 11.9 Å². The van der Waals surface area contributed by atoms with Gasteiger partial charge in [-0.05, 0) is 20.9 Å². The average molecular weight is 340 g/mol. The number of sulfonamides is 1. The number of hydrogen-bond acceptors (Lipinski definition) is 4. The quantitative estimate of drug-likeness (QED) is 0.811. The molecule has 1 aliphatic heterocycles. The molecule has 1 aliphatic rings. The molecule has 0 saturated carbocycles. The number of aromatic nitrogens is 2. The van der Waals surface area contributed by atoms with Crippen molar-refractivity contribution in [1.29, 1.82) is 0 Å². The van der Waals surface area contributed by atoms with E-state index < -0.39 is 32.3 Å². The minimum Gasteiger partial charge on any atom is -0.303 e. The first-order valence-corrected chi connectivity index (χ1v) is 8.12. The molecule has 22 heavy (non-hydrogen) atoms. The number of piperazine rings is 1. The smallest absolute Gasteiger partial charge is 0.303 e. The van der Waals surface area contributed by atoms with Crippen LogP contribution in [0, 0.1) is 0 Å². The SMILES string of the molecule is CN1CCN(S(=O)(=O)c2cn(C)nc2C(F)(F)F)C(C)(C)C1. The Bertz CT molecular complexity index is 666. The maximum absolute atomic E-state index is 13.0. The molecule has 1 aromatic heterocycles. The summed E-state index contributed by atoms with van der Waals surface area (Å²) in [5, 5.41) is 3.28. The van der Waals surface area contributed by atoms with Gasteiger partial charge in [0, 0.05) is 38.4 Å². The third-order valence-corrected chi connectivity index (χ3v) is 5.76. The summed E-state index contributed by atoms with van der Waals surface area (Å²) >= 11 is 0. The molecule has 0 aliphatic carbocycles. The van der Waals surface area contributed by atoms with Gasteiger partial charge in [0.15, 0.2) is 5.69 Å². The van der Waals surface area contributed by atoms with Crippen LogP contribution in [0.1, 0.15) is 19.5 Å². The van der Waals surface area contributed by atoms with E-state index in [0.29, 0.717) is 13.1 Å². The van der Waals surface area contributed by atoms with Crippen LogP contribution < -0.4 is 0 Å². The molecule has 1 saturated heterocycles. The van der Waals surface area contributed by atoms with E-state index >= 15 is 0 Å². The number of rotatable bonds is 2. The largest absolute Gasteiger partial charge is 0.436 e. The molecule has 0 aromatic carbocycles. The fraction of sp³-hybridized carbons (Fsp3) is 0.750. The Balaban J connectivity index is 2.52. The van der Waals surface area contributed by atoms with Gasteiger partial charge in [-0.1, -0.05) is 0 Å². The van der Waals surface area contributed by atoms with E-state index in [-0.39, 0.29) is 6.54 Å². The highest BCUT2D eigenvalue weighted by Gasteiger charge is 2.46. The molecule has 2 heterocycles. The first-order chi connectivity index (χ1) is 9.85. The van der Waals surface area contributed by atoms with Crippen molar-refractivity contribution in [3.63, 3.8) is 0 Å². The van der Waals surface area contributed by atoms with Crippen molar-refractivity contribution in [3.8, 4) is 0 Å². The first-order valence-electron chi connectivity index (χ1n) is 6.68. The van der Waals surface area contributed by atoms with Crippen LogP contribution in [0.4, 0.5) is 13.2 Å². The highest BCUT2D eigenvalue weighted by atomic mass is 32.2. The predicted molar refractivity (Wildman–Crippen MR) is 73.7 cm³/mol.